The van der Waals surface area contributed by atoms with E-state index in [1.54, 1.807) is 0 Å². The predicted octanol–water partition coefficient (Wildman–Crippen LogP) is -0.234. The molecule has 16 heavy (non-hydrogen) atoms. The van der Waals surface area contributed by atoms with E-state index >= 15 is 0 Å². The van der Waals surface area contributed by atoms with Crippen LogP contribution < -0.4 is 0 Å². The van der Waals surface area contributed by atoms with Crippen molar-refractivity contribution in [2.45, 2.75) is 18.6 Å². The van der Waals surface area contributed by atoms with Crippen molar-refractivity contribution in [3.8, 4) is 0 Å². The summed E-state index contributed by atoms with van der Waals surface area (Å²) in [7, 11) is 0. The summed E-state index contributed by atoms with van der Waals surface area (Å²) in [5, 5.41) is 38.3. The zero-order valence-electron chi connectivity index (χ0n) is 8.35. The van der Waals surface area contributed by atoms with Crippen LogP contribution in [0.1, 0.15) is 18.1 Å². The Morgan fingerprint density at radius 2 is 2.19 bits per heavy atom. The molecule has 2 atom stereocenters. The Morgan fingerprint density at radius 3 is 2.75 bits per heavy atom. The molecule has 0 fully saturated rings. The molecule has 1 rings (SSSR count). The molecular weight excluding hydrogens is 216 g/mol. The molecule has 1 heterocycles. The van der Waals surface area contributed by atoms with Gasteiger partial charge in [0.2, 0.25) is 0 Å². The molecule has 0 saturated carbocycles. The summed E-state index contributed by atoms with van der Waals surface area (Å²) in [6, 6.07) is 2.74. The first kappa shape index (κ1) is 12.5. The Hall–Kier alpha value is -1.57. The fraction of sp³-hybridized carbons (Fsp3) is 0.444. The molecule has 7 heteroatoms. The van der Waals surface area contributed by atoms with E-state index in [2.05, 4.69) is 4.98 Å². The number of aliphatic hydroxyl groups is 3. The maximum atomic E-state index is 10.6. The Labute approximate surface area is 91.1 Å². The van der Waals surface area contributed by atoms with Crippen molar-refractivity contribution < 1.29 is 20.2 Å². The first-order valence-corrected chi connectivity index (χ1v) is 4.64. The molecule has 1 aromatic heterocycles. The molecule has 0 saturated heterocycles. The molecule has 0 aliphatic heterocycles. The lowest BCUT2D eigenvalue weighted by molar-refractivity contribution is -0.391. The molecule has 88 valence electrons. The van der Waals surface area contributed by atoms with Crippen molar-refractivity contribution in [1.82, 2.24) is 4.98 Å². The number of pyridine rings is 1. The lowest BCUT2D eigenvalue weighted by Crippen LogP contribution is -2.20. The van der Waals surface area contributed by atoms with Gasteiger partial charge in [0, 0.05) is 6.61 Å². The van der Waals surface area contributed by atoms with E-state index < -0.39 is 22.9 Å². The van der Waals surface area contributed by atoms with E-state index in [1.165, 1.54) is 18.3 Å². The quantitative estimate of drug-likeness (QED) is 0.473. The van der Waals surface area contributed by atoms with Crippen molar-refractivity contribution in [1.29, 1.82) is 0 Å². The Bertz CT molecular complexity index is 371. The Balaban J connectivity index is 2.98. The minimum atomic E-state index is -1.43. The number of nitro groups is 1. The number of aromatic nitrogens is 1. The second-order valence-corrected chi connectivity index (χ2v) is 3.20. The highest BCUT2D eigenvalue weighted by atomic mass is 16.6. The highest BCUT2D eigenvalue weighted by molar-refractivity contribution is 5.34. The summed E-state index contributed by atoms with van der Waals surface area (Å²) in [5.41, 5.74) is -0.0616. The highest BCUT2D eigenvalue weighted by Crippen LogP contribution is 2.25. The molecule has 0 aromatic carbocycles. The summed E-state index contributed by atoms with van der Waals surface area (Å²) >= 11 is 0. The minimum Gasteiger partial charge on any atom is -0.396 e. The van der Waals surface area contributed by atoms with Crippen LogP contribution in [-0.2, 0) is 0 Å². The summed E-state index contributed by atoms with van der Waals surface area (Å²) in [6.45, 7) is -0.313. The van der Waals surface area contributed by atoms with Gasteiger partial charge in [0.15, 0.2) is 0 Å². The summed E-state index contributed by atoms with van der Waals surface area (Å²) in [4.78, 5) is 13.4. The molecule has 2 unspecified atom stereocenters. The largest absolute Gasteiger partial charge is 0.396 e. The van der Waals surface area contributed by atoms with Crippen molar-refractivity contribution in [2.24, 2.45) is 0 Å². The van der Waals surface area contributed by atoms with E-state index in [0.717, 1.165) is 0 Å². The number of hydrogen-bond acceptors (Lipinski definition) is 6. The Kier molecular flexibility index (Phi) is 4.29. The second kappa shape index (κ2) is 5.50. The minimum absolute atomic E-state index is 0.0616. The van der Waals surface area contributed by atoms with Gasteiger partial charge in [-0.05, 0) is 28.5 Å². The SMILES string of the molecule is O=[N+]([O-])c1ncccc1C(O)C(O)CCO. The van der Waals surface area contributed by atoms with Gasteiger partial charge < -0.3 is 25.4 Å². The van der Waals surface area contributed by atoms with Crippen LogP contribution in [0.4, 0.5) is 5.82 Å². The smallest absolute Gasteiger partial charge is 0.369 e. The molecule has 0 amide bonds. The molecule has 0 aliphatic rings. The average Bonchev–Trinajstić information content (AvgIpc) is 2.28. The van der Waals surface area contributed by atoms with Crippen LogP contribution in [0.2, 0.25) is 0 Å². The monoisotopic (exact) mass is 228 g/mol. The fourth-order valence-electron chi connectivity index (χ4n) is 1.29. The van der Waals surface area contributed by atoms with E-state index in [9.17, 15) is 20.3 Å². The topological polar surface area (TPSA) is 117 Å². The van der Waals surface area contributed by atoms with Gasteiger partial charge in [0.1, 0.15) is 12.3 Å². The maximum Gasteiger partial charge on any atom is 0.369 e. The molecule has 7 nitrogen and oxygen atoms in total. The third-order valence-corrected chi connectivity index (χ3v) is 2.10. The predicted molar refractivity (Wildman–Crippen MR) is 53.6 cm³/mol. The molecule has 0 spiro atoms. The molecule has 1 aromatic rings. The first-order valence-electron chi connectivity index (χ1n) is 4.64. The van der Waals surface area contributed by atoms with Crippen molar-refractivity contribution in [3.63, 3.8) is 0 Å². The first-order chi connectivity index (χ1) is 7.57. The van der Waals surface area contributed by atoms with Crippen LogP contribution in [0.15, 0.2) is 18.3 Å². The van der Waals surface area contributed by atoms with E-state index in [-0.39, 0.29) is 18.6 Å². The van der Waals surface area contributed by atoms with Gasteiger partial charge in [0.05, 0.1) is 11.7 Å². The van der Waals surface area contributed by atoms with Crippen LogP contribution in [-0.4, -0.2) is 37.9 Å². The molecule has 0 aliphatic carbocycles. The summed E-state index contributed by atoms with van der Waals surface area (Å²) in [5.74, 6) is -0.494. The van der Waals surface area contributed by atoms with E-state index in [4.69, 9.17) is 5.11 Å². The highest BCUT2D eigenvalue weighted by Gasteiger charge is 2.26. The van der Waals surface area contributed by atoms with Gasteiger partial charge >= 0.3 is 5.82 Å². The molecule has 3 N–H and O–H groups in total. The number of hydrogen-bond donors (Lipinski definition) is 3. The van der Waals surface area contributed by atoms with Gasteiger partial charge in [-0.3, -0.25) is 0 Å². The maximum absolute atomic E-state index is 10.6. The van der Waals surface area contributed by atoms with Gasteiger partial charge in [-0.2, -0.15) is 0 Å². The third-order valence-electron chi connectivity index (χ3n) is 2.10. The fourth-order valence-corrected chi connectivity index (χ4v) is 1.29. The summed E-state index contributed by atoms with van der Waals surface area (Å²) in [6.07, 6.45) is -1.52. The zero-order chi connectivity index (χ0) is 12.1. The van der Waals surface area contributed by atoms with E-state index in [0.29, 0.717) is 0 Å². The van der Waals surface area contributed by atoms with Gasteiger partial charge in [-0.15, -0.1) is 0 Å². The summed E-state index contributed by atoms with van der Waals surface area (Å²) < 4.78 is 0. The molecular formula is C9H12N2O5. The molecule has 0 bridgehead atoms. The van der Waals surface area contributed by atoms with Crippen LogP contribution in [0.3, 0.4) is 0 Å². The van der Waals surface area contributed by atoms with Crippen molar-refractivity contribution in [2.75, 3.05) is 6.61 Å². The lowest BCUT2D eigenvalue weighted by atomic mass is 10.0. The van der Waals surface area contributed by atoms with Crippen LogP contribution in [0.5, 0.6) is 0 Å². The standard InChI is InChI=1S/C9H12N2O5/c12-5-3-7(13)8(14)6-2-1-4-10-9(6)11(15)16/h1-2,4,7-8,12-14H,3,5H2. The van der Waals surface area contributed by atoms with Crippen LogP contribution in [0.25, 0.3) is 0 Å². The van der Waals surface area contributed by atoms with E-state index in [1.807, 2.05) is 0 Å². The Morgan fingerprint density at radius 1 is 1.50 bits per heavy atom. The number of nitrogens with zero attached hydrogens (tertiary/aromatic N) is 2. The number of rotatable bonds is 5. The number of aliphatic hydroxyl groups excluding tert-OH is 3. The lowest BCUT2D eigenvalue weighted by Gasteiger charge is -2.16. The van der Waals surface area contributed by atoms with Crippen LogP contribution in [0, 0.1) is 10.1 Å². The van der Waals surface area contributed by atoms with Gasteiger partial charge in [-0.1, -0.05) is 0 Å². The molecule has 0 radical (unpaired) electrons. The van der Waals surface area contributed by atoms with Gasteiger partial charge in [0.25, 0.3) is 0 Å². The average molecular weight is 228 g/mol. The normalized spacial score (nSPS) is 14.4. The third kappa shape index (κ3) is 2.72. The van der Waals surface area contributed by atoms with Crippen molar-refractivity contribution in [3.05, 3.63) is 34.0 Å². The van der Waals surface area contributed by atoms with Crippen molar-refractivity contribution >= 4 is 5.82 Å². The van der Waals surface area contributed by atoms with Gasteiger partial charge in [-0.25, -0.2) is 0 Å². The second-order valence-electron chi connectivity index (χ2n) is 3.20. The van der Waals surface area contributed by atoms with Crippen LogP contribution >= 0.6 is 0 Å². The zero-order valence-corrected chi connectivity index (χ0v) is 8.35.